The second kappa shape index (κ2) is 6.03. The standard InChI is InChI=1S/C19H16N2O4S/c1-12-19(22)20-17-11-14(9-10-18(17)25-12)26(23,24)21-16-8-4-6-13-5-2-3-7-15(13)16/h2-12,21H,1H3,(H,20,22). The summed E-state index contributed by atoms with van der Waals surface area (Å²) in [5.41, 5.74) is 0.837. The summed E-state index contributed by atoms with van der Waals surface area (Å²) in [4.78, 5) is 11.8. The molecule has 0 saturated heterocycles. The zero-order chi connectivity index (χ0) is 18.3. The van der Waals surface area contributed by atoms with Gasteiger partial charge in [0, 0.05) is 5.39 Å². The number of amides is 1. The first kappa shape index (κ1) is 16.4. The number of benzene rings is 3. The van der Waals surface area contributed by atoms with Crippen molar-refractivity contribution in [1.29, 1.82) is 0 Å². The Morgan fingerprint density at radius 1 is 1.04 bits per heavy atom. The van der Waals surface area contributed by atoms with E-state index in [2.05, 4.69) is 10.0 Å². The lowest BCUT2D eigenvalue weighted by Gasteiger charge is -2.23. The van der Waals surface area contributed by atoms with Gasteiger partial charge in [-0.2, -0.15) is 0 Å². The maximum Gasteiger partial charge on any atom is 0.265 e. The Bertz CT molecular complexity index is 1120. The third-order valence-corrected chi connectivity index (χ3v) is 5.59. The number of sulfonamides is 1. The molecule has 1 atom stereocenters. The molecule has 132 valence electrons. The summed E-state index contributed by atoms with van der Waals surface area (Å²) in [6.45, 7) is 1.63. The Morgan fingerprint density at radius 3 is 2.65 bits per heavy atom. The zero-order valence-electron chi connectivity index (χ0n) is 13.9. The fraction of sp³-hybridized carbons (Fsp3) is 0.105. The minimum absolute atomic E-state index is 0.0441. The Balaban J connectivity index is 1.71. The first-order valence-corrected chi connectivity index (χ1v) is 9.54. The monoisotopic (exact) mass is 368 g/mol. The van der Waals surface area contributed by atoms with Gasteiger partial charge in [0.2, 0.25) is 0 Å². The Kier molecular flexibility index (Phi) is 3.81. The number of nitrogens with one attached hydrogen (secondary N) is 2. The summed E-state index contributed by atoms with van der Waals surface area (Å²) in [5, 5.41) is 4.40. The van der Waals surface area contributed by atoms with E-state index in [4.69, 9.17) is 4.74 Å². The van der Waals surface area contributed by atoms with Crippen LogP contribution in [-0.4, -0.2) is 20.4 Å². The number of ether oxygens (including phenoxy) is 1. The lowest BCUT2D eigenvalue weighted by molar-refractivity contribution is -0.122. The molecule has 26 heavy (non-hydrogen) atoms. The van der Waals surface area contributed by atoms with E-state index in [0.717, 1.165) is 10.8 Å². The molecular weight excluding hydrogens is 352 g/mol. The third-order valence-electron chi connectivity index (χ3n) is 4.23. The number of carbonyl (C=O) groups is 1. The lowest BCUT2D eigenvalue weighted by Crippen LogP contribution is -2.34. The van der Waals surface area contributed by atoms with Crippen molar-refractivity contribution in [1.82, 2.24) is 0 Å². The minimum Gasteiger partial charge on any atom is -0.479 e. The molecule has 0 radical (unpaired) electrons. The van der Waals surface area contributed by atoms with Crippen LogP contribution < -0.4 is 14.8 Å². The van der Waals surface area contributed by atoms with Gasteiger partial charge in [0.15, 0.2) is 6.10 Å². The van der Waals surface area contributed by atoms with Crippen LogP contribution in [0.25, 0.3) is 10.8 Å². The smallest absolute Gasteiger partial charge is 0.265 e. The second-order valence-electron chi connectivity index (χ2n) is 6.04. The van der Waals surface area contributed by atoms with Gasteiger partial charge in [-0.15, -0.1) is 0 Å². The summed E-state index contributed by atoms with van der Waals surface area (Å²) in [7, 11) is -3.83. The van der Waals surface area contributed by atoms with E-state index in [0.29, 0.717) is 17.1 Å². The van der Waals surface area contributed by atoms with Crippen LogP contribution in [-0.2, 0) is 14.8 Å². The minimum atomic E-state index is -3.83. The van der Waals surface area contributed by atoms with Gasteiger partial charge in [0.1, 0.15) is 5.75 Å². The van der Waals surface area contributed by atoms with Crippen LogP contribution in [0.4, 0.5) is 11.4 Å². The van der Waals surface area contributed by atoms with E-state index in [1.165, 1.54) is 12.1 Å². The van der Waals surface area contributed by atoms with E-state index in [9.17, 15) is 13.2 Å². The molecule has 1 aliphatic rings. The summed E-state index contributed by atoms with van der Waals surface area (Å²) in [5.74, 6) is 0.135. The van der Waals surface area contributed by atoms with E-state index in [-0.39, 0.29) is 10.8 Å². The molecule has 6 nitrogen and oxygen atoms in total. The summed E-state index contributed by atoms with van der Waals surface area (Å²) >= 11 is 0. The molecule has 0 fully saturated rings. The van der Waals surface area contributed by atoms with Crippen LogP contribution >= 0.6 is 0 Å². The van der Waals surface area contributed by atoms with Gasteiger partial charge in [0.25, 0.3) is 15.9 Å². The van der Waals surface area contributed by atoms with Crippen LogP contribution in [0.2, 0.25) is 0 Å². The number of rotatable bonds is 3. The summed E-state index contributed by atoms with van der Waals surface area (Å²) < 4.78 is 33.7. The van der Waals surface area contributed by atoms with Crippen LogP contribution in [0.5, 0.6) is 5.75 Å². The highest BCUT2D eigenvalue weighted by molar-refractivity contribution is 7.92. The van der Waals surface area contributed by atoms with Crippen LogP contribution in [0.3, 0.4) is 0 Å². The van der Waals surface area contributed by atoms with Crippen molar-refractivity contribution in [3.05, 3.63) is 60.7 Å². The molecule has 0 saturated carbocycles. The van der Waals surface area contributed by atoms with Crippen LogP contribution in [0, 0.1) is 0 Å². The average Bonchev–Trinajstić information content (AvgIpc) is 2.62. The summed E-state index contributed by atoms with van der Waals surface area (Å²) in [6.07, 6.45) is -0.612. The van der Waals surface area contributed by atoms with Crippen molar-refractivity contribution in [3.63, 3.8) is 0 Å². The molecule has 1 unspecified atom stereocenters. The zero-order valence-corrected chi connectivity index (χ0v) is 14.7. The van der Waals surface area contributed by atoms with Crippen LogP contribution in [0.1, 0.15) is 6.92 Å². The molecule has 0 spiro atoms. The summed E-state index contributed by atoms with van der Waals surface area (Å²) in [6, 6.07) is 17.3. The Labute approximate surface area is 150 Å². The SMILES string of the molecule is CC1Oc2ccc(S(=O)(=O)Nc3cccc4ccccc34)cc2NC1=O. The topological polar surface area (TPSA) is 84.5 Å². The van der Waals surface area contributed by atoms with E-state index >= 15 is 0 Å². The quantitative estimate of drug-likeness (QED) is 0.742. The molecule has 4 rings (SSSR count). The second-order valence-corrected chi connectivity index (χ2v) is 7.72. The fourth-order valence-electron chi connectivity index (χ4n) is 2.87. The van der Waals surface area contributed by atoms with Gasteiger partial charge in [0.05, 0.1) is 16.3 Å². The maximum atomic E-state index is 12.8. The van der Waals surface area contributed by atoms with E-state index in [1.807, 2.05) is 30.3 Å². The Morgan fingerprint density at radius 2 is 1.81 bits per heavy atom. The average molecular weight is 368 g/mol. The molecule has 3 aromatic carbocycles. The van der Waals surface area contributed by atoms with Crippen molar-refractivity contribution in [3.8, 4) is 5.75 Å². The number of hydrogen-bond donors (Lipinski definition) is 2. The number of anilines is 2. The van der Waals surface area contributed by atoms with Gasteiger partial charge >= 0.3 is 0 Å². The highest BCUT2D eigenvalue weighted by Crippen LogP contribution is 2.33. The van der Waals surface area contributed by atoms with Crippen molar-refractivity contribution >= 4 is 38.1 Å². The number of fused-ring (bicyclic) bond motifs is 2. The number of hydrogen-bond acceptors (Lipinski definition) is 4. The van der Waals surface area contributed by atoms with Gasteiger partial charge in [-0.3, -0.25) is 9.52 Å². The normalized spacial score (nSPS) is 16.5. The lowest BCUT2D eigenvalue weighted by atomic mass is 10.1. The molecule has 7 heteroatoms. The molecule has 0 bridgehead atoms. The van der Waals surface area contributed by atoms with Gasteiger partial charge < -0.3 is 10.1 Å². The Hall–Kier alpha value is -3.06. The predicted octanol–water partition coefficient (Wildman–Crippen LogP) is 3.36. The third kappa shape index (κ3) is 2.86. The molecule has 0 aromatic heterocycles. The first-order valence-electron chi connectivity index (χ1n) is 8.06. The maximum absolute atomic E-state index is 12.8. The highest BCUT2D eigenvalue weighted by Gasteiger charge is 2.25. The fourth-order valence-corrected chi connectivity index (χ4v) is 3.98. The largest absolute Gasteiger partial charge is 0.479 e. The van der Waals surface area contributed by atoms with E-state index < -0.39 is 16.1 Å². The molecule has 1 heterocycles. The van der Waals surface area contributed by atoms with Crippen molar-refractivity contribution < 1.29 is 17.9 Å². The molecule has 1 aliphatic heterocycles. The highest BCUT2D eigenvalue weighted by atomic mass is 32.2. The molecule has 3 aromatic rings. The van der Waals surface area contributed by atoms with Crippen molar-refractivity contribution in [2.75, 3.05) is 10.0 Å². The predicted molar refractivity (Wildman–Crippen MR) is 99.9 cm³/mol. The van der Waals surface area contributed by atoms with Gasteiger partial charge in [-0.25, -0.2) is 8.42 Å². The molecule has 0 aliphatic carbocycles. The van der Waals surface area contributed by atoms with Gasteiger partial charge in [-0.05, 0) is 36.6 Å². The number of carbonyl (C=O) groups excluding carboxylic acids is 1. The molecule has 1 amide bonds. The van der Waals surface area contributed by atoms with Crippen molar-refractivity contribution in [2.24, 2.45) is 0 Å². The van der Waals surface area contributed by atoms with E-state index in [1.54, 1.807) is 25.1 Å². The van der Waals surface area contributed by atoms with Crippen LogP contribution in [0.15, 0.2) is 65.6 Å². The molecule has 2 N–H and O–H groups in total. The molecular formula is C19H16N2O4S. The van der Waals surface area contributed by atoms with Gasteiger partial charge in [-0.1, -0.05) is 36.4 Å². The van der Waals surface area contributed by atoms with Crippen molar-refractivity contribution in [2.45, 2.75) is 17.9 Å². The first-order chi connectivity index (χ1) is 12.4.